The van der Waals surface area contributed by atoms with Crippen LogP contribution in [0.15, 0.2) is 4.79 Å². The van der Waals surface area contributed by atoms with Gasteiger partial charge >= 0.3 is 11.7 Å². The standard InChI is InChI=1S/C8H9N3O3/c9-6-4(3-1-2-3)5(7(12)13)10-8(14)11-6/h3H,1-2H2,(H,12,13)(H3,9,10,11,14). The summed E-state index contributed by atoms with van der Waals surface area (Å²) in [4.78, 5) is 27.4. The van der Waals surface area contributed by atoms with Crippen LogP contribution in [0.2, 0.25) is 0 Å². The van der Waals surface area contributed by atoms with Crippen LogP contribution in [0.1, 0.15) is 34.8 Å². The molecule has 14 heavy (non-hydrogen) atoms. The van der Waals surface area contributed by atoms with Gasteiger partial charge in [-0.15, -0.1) is 0 Å². The molecule has 0 unspecified atom stereocenters. The average molecular weight is 195 g/mol. The van der Waals surface area contributed by atoms with E-state index in [0.29, 0.717) is 5.56 Å². The van der Waals surface area contributed by atoms with Crippen molar-refractivity contribution in [1.29, 1.82) is 0 Å². The van der Waals surface area contributed by atoms with Crippen molar-refractivity contribution in [1.82, 2.24) is 9.97 Å². The van der Waals surface area contributed by atoms with Crippen LogP contribution in [0.5, 0.6) is 0 Å². The highest BCUT2D eigenvalue weighted by molar-refractivity contribution is 5.88. The lowest BCUT2D eigenvalue weighted by Gasteiger charge is -2.05. The summed E-state index contributed by atoms with van der Waals surface area (Å²) in [6.45, 7) is 0. The largest absolute Gasteiger partial charge is 0.477 e. The van der Waals surface area contributed by atoms with Crippen molar-refractivity contribution >= 4 is 11.8 Å². The van der Waals surface area contributed by atoms with E-state index in [9.17, 15) is 9.59 Å². The third-order valence-corrected chi connectivity index (χ3v) is 2.20. The van der Waals surface area contributed by atoms with Crippen LogP contribution in [0.25, 0.3) is 0 Å². The van der Waals surface area contributed by atoms with Crippen molar-refractivity contribution in [3.05, 3.63) is 21.7 Å². The zero-order chi connectivity index (χ0) is 10.3. The number of aromatic carboxylic acids is 1. The van der Waals surface area contributed by atoms with Crippen molar-refractivity contribution < 1.29 is 9.90 Å². The molecule has 2 rings (SSSR count). The fraction of sp³-hybridized carbons (Fsp3) is 0.375. The first-order chi connectivity index (χ1) is 6.59. The lowest BCUT2D eigenvalue weighted by molar-refractivity contribution is 0.0688. The molecule has 6 nitrogen and oxygen atoms in total. The monoisotopic (exact) mass is 195 g/mol. The third-order valence-electron chi connectivity index (χ3n) is 2.20. The fourth-order valence-electron chi connectivity index (χ4n) is 1.45. The number of hydrogen-bond acceptors (Lipinski definition) is 4. The molecule has 0 spiro atoms. The number of anilines is 1. The van der Waals surface area contributed by atoms with E-state index in [2.05, 4.69) is 9.97 Å². The number of carbonyl (C=O) groups is 1. The molecule has 0 amide bonds. The number of hydrogen-bond donors (Lipinski definition) is 3. The number of nitrogen functional groups attached to an aromatic ring is 1. The van der Waals surface area contributed by atoms with E-state index < -0.39 is 11.7 Å². The minimum Gasteiger partial charge on any atom is -0.477 e. The van der Waals surface area contributed by atoms with Crippen LogP contribution in [0.4, 0.5) is 5.82 Å². The van der Waals surface area contributed by atoms with Crippen molar-refractivity contribution in [3.8, 4) is 0 Å². The number of aromatic nitrogens is 2. The Morgan fingerprint density at radius 3 is 2.71 bits per heavy atom. The van der Waals surface area contributed by atoms with Gasteiger partial charge in [-0.25, -0.2) is 9.59 Å². The van der Waals surface area contributed by atoms with E-state index in [4.69, 9.17) is 10.8 Å². The maximum Gasteiger partial charge on any atom is 0.352 e. The summed E-state index contributed by atoms with van der Waals surface area (Å²) in [6, 6.07) is 0. The highest BCUT2D eigenvalue weighted by Crippen LogP contribution is 2.42. The van der Waals surface area contributed by atoms with Crippen LogP contribution < -0.4 is 11.4 Å². The van der Waals surface area contributed by atoms with Crippen LogP contribution in [-0.2, 0) is 0 Å². The SMILES string of the molecule is Nc1nc(=O)[nH]c(C(=O)O)c1C1CC1. The van der Waals surface area contributed by atoms with E-state index in [1.54, 1.807) is 0 Å². The topological polar surface area (TPSA) is 109 Å². The normalized spacial score (nSPS) is 15.4. The highest BCUT2D eigenvalue weighted by atomic mass is 16.4. The van der Waals surface area contributed by atoms with Gasteiger partial charge in [-0.1, -0.05) is 0 Å². The zero-order valence-corrected chi connectivity index (χ0v) is 7.28. The Labute approximate surface area is 78.8 Å². The predicted octanol–water partition coefficient (Wildman–Crippen LogP) is -0.0723. The minimum atomic E-state index is -1.17. The third kappa shape index (κ3) is 1.34. The summed E-state index contributed by atoms with van der Waals surface area (Å²) in [5, 5.41) is 8.84. The van der Waals surface area contributed by atoms with E-state index in [0.717, 1.165) is 12.8 Å². The van der Waals surface area contributed by atoms with Crippen LogP contribution in [0, 0.1) is 0 Å². The molecular weight excluding hydrogens is 186 g/mol. The van der Waals surface area contributed by atoms with Gasteiger partial charge in [0.15, 0.2) is 0 Å². The van der Waals surface area contributed by atoms with Gasteiger partial charge in [-0.3, -0.25) is 4.98 Å². The molecule has 0 aromatic carbocycles. The number of nitrogens with two attached hydrogens (primary N) is 1. The summed E-state index contributed by atoms with van der Waals surface area (Å²) < 4.78 is 0. The summed E-state index contributed by atoms with van der Waals surface area (Å²) in [5.41, 5.74) is 5.14. The summed E-state index contributed by atoms with van der Waals surface area (Å²) in [7, 11) is 0. The van der Waals surface area contributed by atoms with Gasteiger partial charge in [-0.2, -0.15) is 4.98 Å². The van der Waals surface area contributed by atoms with Crippen LogP contribution >= 0.6 is 0 Å². The van der Waals surface area contributed by atoms with Crippen molar-refractivity contribution in [2.24, 2.45) is 0 Å². The average Bonchev–Trinajstić information content (AvgIpc) is 2.85. The molecular formula is C8H9N3O3. The number of H-pyrrole nitrogens is 1. The first-order valence-electron chi connectivity index (χ1n) is 4.22. The Bertz CT molecular complexity index is 448. The molecule has 1 heterocycles. The Balaban J connectivity index is 2.64. The molecule has 1 fully saturated rings. The van der Waals surface area contributed by atoms with Crippen molar-refractivity contribution in [2.45, 2.75) is 18.8 Å². The second kappa shape index (κ2) is 2.83. The number of carboxylic acids is 1. The second-order valence-electron chi connectivity index (χ2n) is 3.30. The highest BCUT2D eigenvalue weighted by Gasteiger charge is 2.31. The maximum absolute atomic E-state index is 10.9. The fourth-order valence-corrected chi connectivity index (χ4v) is 1.45. The molecule has 0 radical (unpaired) electrons. The lowest BCUT2D eigenvalue weighted by atomic mass is 10.1. The molecule has 0 atom stereocenters. The number of carboxylic acid groups (broad SMARTS) is 1. The molecule has 0 bridgehead atoms. The van der Waals surface area contributed by atoms with Crippen LogP contribution in [-0.4, -0.2) is 21.0 Å². The predicted molar refractivity (Wildman–Crippen MR) is 48.2 cm³/mol. The smallest absolute Gasteiger partial charge is 0.352 e. The molecule has 4 N–H and O–H groups in total. The van der Waals surface area contributed by atoms with Gasteiger partial charge in [0.25, 0.3) is 0 Å². The maximum atomic E-state index is 10.9. The number of rotatable bonds is 2. The van der Waals surface area contributed by atoms with Crippen molar-refractivity contribution in [2.75, 3.05) is 5.73 Å². The molecule has 1 aliphatic carbocycles. The van der Waals surface area contributed by atoms with E-state index in [1.165, 1.54) is 0 Å². The van der Waals surface area contributed by atoms with Gasteiger partial charge in [0.1, 0.15) is 11.5 Å². The van der Waals surface area contributed by atoms with Crippen LogP contribution in [0.3, 0.4) is 0 Å². The van der Waals surface area contributed by atoms with Gasteiger partial charge in [-0.05, 0) is 18.8 Å². The molecule has 74 valence electrons. The summed E-state index contributed by atoms with van der Waals surface area (Å²) >= 11 is 0. The van der Waals surface area contributed by atoms with Gasteiger partial charge in [0, 0.05) is 5.56 Å². The first-order valence-corrected chi connectivity index (χ1v) is 4.22. The molecule has 1 aliphatic rings. The summed E-state index contributed by atoms with van der Waals surface area (Å²) in [6.07, 6.45) is 1.80. The lowest BCUT2D eigenvalue weighted by Crippen LogP contribution is -2.21. The van der Waals surface area contributed by atoms with Gasteiger partial charge in [0.05, 0.1) is 0 Å². The number of nitrogens with one attached hydrogen (secondary N) is 1. The molecule has 0 aliphatic heterocycles. The van der Waals surface area contributed by atoms with Crippen molar-refractivity contribution in [3.63, 3.8) is 0 Å². The Morgan fingerprint density at radius 1 is 1.57 bits per heavy atom. The number of aromatic amines is 1. The van der Waals surface area contributed by atoms with E-state index in [-0.39, 0.29) is 17.4 Å². The molecule has 0 saturated heterocycles. The molecule has 1 saturated carbocycles. The molecule has 1 aromatic rings. The summed E-state index contributed by atoms with van der Waals surface area (Å²) in [5.74, 6) is -0.989. The molecule has 6 heteroatoms. The Kier molecular flexibility index (Phi) is 1.77. The van der Waals surface area contributed by atoms with Gasteiger partial charge in [0.2, 0.25) is 0 Å². The second-order valence-corrected chi connectivity index (χ2v) is 3.30. The zero-order valence-electron chi connectivity index (χ0n) is 7.28. The van der Waals surface area contributed by atoms with E-state index in [1.807, 2.05) is 0 Å². The number of nitrogens with zero attached hydrogens (tertiary/aromatic N) is 1. The Hall–Kier alpha value is -1.85. The van der Waals surface area contributed by atoms with Gasteiger partial charge < -0.3 is 10.8 Å². The minimum absolute atomic E-state index is 0.0358. The Morgan fingerprint density at radius 2 is 2.21 bits per heavy atom. The first kappa shape index (κ1) is 8.74. The quantitative estimate of drug-likeness (QED) is 0.611. The molecule has 1 aromatic heterocycles. The van der Waals surface area contributed by atoms with E-state index >= 15 is 0 Å².